The van der Waals surface area contributed by atoms with Crippen molar-refractivity contribution in [3.8, 4) is 0 Å². The molecule has 17 heavy (non-hydrogen) atoms. The van der Waals surface area contributed by atoms with Gasteiger partial charge in [0.1, 0.15) is 0 Å². The van der Waals surface area contributed by atoms with E-state index in [-0.39, 0.29) is 0 Å². The number of hydrogen-bond donors (Lipinski definition) is 1. The standard InChI is InChI=1S/C10H19N7/c1-7(2)14-15-8-11-9(16(3)4)13-10(12-8)17(5)6/h1-6H3,(H,11,12,13,15). The maximum atomic E-state index is 4.30. The van der Waals surface area contributed by atoms with Gasteiger partial charge in [0.15, 0.2) is 0 Å². The third kappa shape index (κ3) is 3.86. The average Bonchev–Trinajstić information content (AvgIpc) is 2.25. The number of anilines is 3. The van der Waals surface area contributed by atoms with E-state index in [4.69, 9.17) is 0 Å². The lowest BCUT2D eigenvalue weighted by atomic mass is 10.5. The summed E-state index contributed by atoms with van der Waals surface area (Å²) in [5.41, 5.74) is 3.71. The highest BCUT2D eigenvalue weighted by molar-refractivity contribution is 5.79. The minimum atomic E-state index is 0.439. The number of rotatable bonds is 4. The molecule has 1 heterocycles. The van der Waals surface area contributed by atoms with Crippen LogP contribution in [0.3, 0.4) is 0 Å². The van der Waals surface area contributed by atoms with Crippen LogP contribution >= 0.6 is 0 Å². The molecule has 0 saturated heterocycles. The summed E-state index contributed by atoms with van der Waals surface area (Å²) in [6.45, 7) is 3.79. The van der Waals surface area contributed by atoms with Crippen molar-refractivity contribution >= 4 is 23.6 Å². The molecule has 0 radical (unpaired) electrons. The molecule has 7 heteroatoms. The van der Waals surface area contributed by atoms with E-state index in [1.54, 1.807) is 0 Å². The van der Waals surface area contributed by atoms with Gasteiger partial charge in [-0.1, -0.05) is 0 Å². The molecule has 0 aliphatic heterocycles. The molecule has 1 rings (SSSR count). The van der Waals surface area contributed by atoms with E-state index >= 15 is 0 Å². The van der Waals surface area contributed by atoms with Crippen LogP contribution in [0.25, 0.3) is 0 Å². The predicted molar refractivity (Wildman–Crippen MR) is 70.9 cm³/mol. The molecule has 0 fully saturated rings. The van der Waals surface area contributed by atoms with Crippen LogP contribution in [0.15, 0.2) is 5.10 Å². The Morgan fingerprint density at radius 2 is 1.41 bits per heavy atom. The number of aromatic nitrogens is 3. The molecule has 0 aliphatic rings. The Balaban J connectivity index is 3.08. The van der Waals surface area contributed by atoms with Gasteiger partial charge in [0, 0.05) is 33.9 Å². The van der Waals surface area contributed by atoms with Crippen LogP contribution in [0.1, 0.15) is 13.8 Å². The summed E-state index contributed by atoms with van der Waals surface area (Å²) < 4.78 is 0. The molecule has 0 atom stereocenters. The molecule has 0 aromatic carbocycles. The van der Waals surface area contributed by atoms with Gasteiger partial charge in [-0.3, -0.25) is 0 Å². The maximum absolute atomic E-state index is 4.30. The number of nitrogens with zero attached hydrogens (tertiary/aromatic N) is 6. The molecule has 1 aromatic rings. The topological polar surface area (TPSA) is 69.5 Å². The summed E-state index contributed by atoms with van der Waals surface area (Å²) >= 11 is 0. The highest BCUT2D eigenvalue weighted by atomic mass is 15.4. The van der Waals surface area contributed by atoms with Crippen molar-refractivity contribution in [2.24, 2.45) is 5.10 Å². The lowest BCUT2D eigenvalue weighted by molar-refractivity contribution is 0.913. The zero-order valence-electron chi connectivity index (χ0n) is 11.2. The molecule has 0 amide bonds. The van der Waals surface area contributed by atoms with E-state index in [0.717, 1.165) is 5.71 Å². The van der Waals surface area contributed by atoms with E-state index in [2.05, 4.69) is 25.5 Å². The van der Waals surface area contributed by atoms with Gasteiger partial charge in [-0.25, -0.2) is 5.43 Å². The third-order valence-corrected chi connectivity index (χ3v) is 1.79. The largest absolute Gasteiger partial charge is 0.347 e. The highest BCUT2D eigenvalue weighted by Gasteiger charge is 2.08. The molecule has 0 bridgehead atoms. The molecule has 0 aliphatic carbocycles. The predicted octanol–water partition coefficient (Wildman–Crippen LogP) is 0.811. The molecule has 0 unspecified atom stereocenters. The molecule has 1 aromatic heterocycles. The zero-order chi connectivity index (χ0) is 13.0. The van der Waals surface area contributed by atoms with Gasteiger partial charge in [0.25, 0.3) is 0 Å². The summed E-state index contributed by atoms with van der Waals surface area (Å²) in [5.74, 6) is 1.62. The molecule has 7 nitrogen and oxygen atoms in total. The Morgan fingerprint density at radius 3 is 1.76 bits per heavy atom. The van der Waals surface area contributed by atoms with E-state index in [9.17, 15) is 0 Å². The van der Waals surface area contributed by atoms with Crippen LogP contribution in [0.5, 0.6) is 0 Å². The first kappa shape index (κ1) is 13.1. The van der Waals surface area contributed by atoms with E-state index in [1.807, 2.05) is 51.8 Å². The van der Waals surface area contributed by atoms with Crippen molar-refractivity contribution in [1.82, 2.24) is 15.0 Å². The number of nitrogens with one attached hydrogen (secondary N) is 1. The molecule has 94 valence electrons. The minimum absolute atomic E-state index is 0.439. The second kappa shape index (κ2) is 5.42. The van der Waals surface area contributed by atoms with Crippen LogP contribution in [-0.2, 0) is 0 Å². The summed E-state index contributed by atoms with van der Waals surface area (Å²) in [4.78, 5) is 16.4. The van der Waals surface area contributed by atoms with Gasteiger partial charge >= 0.3 is 0 Å². The summed E-state index contributed by atoms with van der Waals surface area (Å²) in [5, 5.41) is 4.07. The first-order chi connectivity index (χ1) is 7.90. The van der Waals surface area contributed by atoms with Crippen LogP contribution in [0, 0.1) is 0 Å². The van der Waals surface area contributed by atoms with Gasteiger partial charge in [0.2, 0.25) is 17.8 Å². The van der Waals surface area contributed by atoms with Crippen molar-refractivity contribution < 1.29 is 0 Å². The smallest absolute Gasteiger partial charge is 0.250 e. The van der Waals surface area contributed by atoms with Gasteiger partial charge in [-0.2, -0.15) is 20.1 Å². The van der Waals surface area contributed by atoms with Crippen LogP contribution in [-0.4, -0.2) is 48.9 Å². The molecular weight excluding hydrogens is 218 g/mol. The van der Waals surface area contributed by atoms with Crippen molar-refractivity contribution in [2.45, 2.75) is 13.8 Å². The summed E-state index contributed by atoms with van der Waals surface area (Å²) in [6.07, 6.45) is 0. The number of hydrogen-bond acceptors (Lipinski definition) is 7. The van der Waals surface area contributed by atoms with E-state index in [1.165, 1.54) is 0 Å². The van der Waals surface area contributed by atoms with Crippen molar-refractivity contribution in [2.75, 3.05) is 43.4 Å². The van der Waals surface area contributed by atoms with E-state index < -0.39 is 0 Å². The number of hydrazone groups is 1. The molecule has 1 N–H and O–H groups in total. The molecular formula is C10H19N7. The quantitative estimate of drug-likeness (QED) is 0.617. The Labute approximate surface area is 102 Å². The second-order valence-corrected chi connectivity index (χ2v) is 4.22. The van der Waals surface area contributed by atoms with Gasteiger partial charge in [0.05, 0.1) is 0 Å². The van der Waals surface area contributed by atoms with Crippen LogP contribution in [0.4, 0.5) is 17.8 Å². The van der Waals surface area contributed by atoms with Crippen molar-refractivity contribution in [3.63, 3.8) is 0 Å². The Kier molecular flexibility index (Phi) is 4.19. The maximum Gasteiger partial charge on any atom is 0.250 e. The lowest BCUT2D eigenvalue weighted by Crippen LogP contribution is -2.19. The summed E-state index contributed by atoms with van der Waals surface area (Å²) in [6, 6.07) is 0. The first-order valence-corrected chi connectivity index (χ1v) is 5.27. The van der Waals surface area contributed by atoms with Crippen molar-refractivity contribution in [3.05, 3.63) is 0 Å². The Morgan fingerprint density at radius 1 is 0.941 bits per heavy atom. The fourth-order valence-corrected chi connectivity index (χ4v) is 0.966. The minimum Gasteiger partial charge on any atom is -0.347 e. The van der Waals surface area contributed by atoms with Gasteiger partial charge in [-0.05, 0) is 13.8 Å². The average molecular weight is 237 g/mol. The van der Waals surface area contributed by atoms with Gasteiger partial charge < -0.3 is 9.80 Å². The Hall–Kier alpha value is -1.92. The normalized spacial score (nSPS) is 9.76. The monoisotopic (exact) mass is 237 g/mol. The SMILES string of the molecule is CC(C)=NNc1nc(N(C)C)nc(N(C)C)n1. The van der Waals surface area contributed by atoms with Crippen molar-refractivity contribution in [1.29, 1.82) is 0 Å². The highest BCUT2D eigenvalue weighted by Crippen LogP contribution is 2.12. The lowest BCUT2D eigenvalue weighted by Gasteiger charge is -2.15. The second-order valence-electron chi connectivity index (χ2n) is 4.22. The molecule has 0 spiro atoms. The van der Waals surface area contributed by atoms with Crippen LogP contribution in [0.2, 0.25) is 0 Å². The van der Waals surface area contributed by atoms with E-state index in [0.29, 0.717) is 17.8 Å². The van der Waals surface area contributed by atoms with Crippen LogP contribution < -0.4 is 15.2 Å². The molecule has 0 saturated carbocycles. The fraction of sp³-hybridized carbons (Fsp3) is 0.600. The summed E-state index contributed by atoms with van der Waals surface area (Å²) in [7, 11) is 7.53. The first-order valence-electron chi connectivity index (χ1n) is 5.27. The zero-order valence-corrected chi connectivity index (χ0v) is 11.2. The van der Waals surface area contributed by atoms with Gasteiger partial charge in [-0.15, -0.1) is 0 Å². The third-order valence-electron chi connectivity index (χ3n) is 1.79. The Bertz CT molecular complexity index is 381. The fourth-order valence-electron chi connectivity index (χ4n) is 0.966.